The molecule has 4 heteroatoms. The molecule has 0 spiro atoms. The fourth-order valence-electron chi connectivity index (χ4n) is 1.50. The Morgan fingerprint density at radius 2 is 2.06 bits per heavy atom. The molecule has 0 aliphatic heterocycles. The molecule has 1 unspecified atom stereocenters. The lowest BCUT2D eigenvalue weighted by Gasteiger charge is -2.13. The lowest BCUT2D eigenvalue weighted by atomic mass is 10.2. The minimum absolute atomic E-state index is 0.259. The standard InChI is InChI=1S/C13H23N3O/c1-11(2)17-9-5-4-6-15-12(3)13-10-14-7-8-16-13/h7-8,10-12,15H,4-6,9H2,1-3H3. The van der Waals surface area contributed by atoms with Crippen LogP contribution in [0.4, 0.5) is 0 Å². The number of ether oxygens (including phenoxy) is 1. The zero-order chi connectivity index (χ0) is 12.5. The molecule has 17 heavy (non-hydrogen) atoms. The number of rotatable bonds is 8. The Hall–Kier alpha value is -1.00. The Bertz CT molecular complexity index is 290. The molecule has 0 aromatic carbocycles. The largest absolute Gasteiger partial charge is 0.379 e. The van der Waals surface area contributed by atoms with Crippen LogP contribution >= 0.6 is 0 Å². The first-order chi connectivity index (χ1) is 8.20. The van der Waals surface area contributed by atoms with Gasteiger partial charge < -0.3 is 10.1 Å². The van der Waals surface area contributed by atoms with Gasteiger partial charge in [-0.3, -0.25) is 9.97 Å². The average molecular weight is 237 g/mol. The maximum Gasteiger partial charge on any atom is 0.0753 e. The Morgan fingerprint density at radius 3 is 2.71 bits per heavy atom. The summed E-state index contributed by atoms with van der Waals surface area (Å²) in [7, 11) is 0. The Morgan fingerprint density at radius 1 is 1.24 bits per heavy atom. The van der Waals surface area contributed by atoms with E-state index in [4.69, 9.17) is 4.74 Å². The molecular weight excluding hydrogens is 214 g/mol. The van der Waals surface area contributed by atoms with Crippen molar-refractivity contribution in [2.75, 3.05) is 13.2 Å². The van der Waals surface area contributed by atoms with Crippen molar-refractivity contribution >= 4 is 0 Å². The van der Waals surface area contributed by atoms with Crippen LogP contribution in [-0.4, -0.2) is 29.2 Å². The van der Waals surface area contributed by atoms with Gasteiger partial charge in [0.25, 0.3) is 0 Å². The second-order valence-corrected chi connectivity index (χ2v) is 4.43. The van der Waals surface area contributed by atoms with Crippen molar-refractivity contribution < 1.29 is 4.74 Å². The van der Waals surface area contributed by atoms with E-state index in [1.807, 2.05) is 0 Å². The van der Waals surface area contributed by atoms with Crippen molar-refractivity contribution in [3.63, 3.8) is 0 Å². The van der Waals surface area contributed by atoms with Crippen LogP contribution in [0.15, 0.2) is 18.6 Å². The van der Waals surface area contributed by atoms with Crippen LogP contribution in [0.5, 0.6) is 0 Å². The molecule has 0 bridgehead atoms. The molecule has 1 aromatic rings. The molecule has 0 aliphatic carbocycles. The number of hydrogen-bond acceptors (Lipinski definition) is 4. The van der Waals surface area contributed by atoms with E-state index in [-0.39, 0.29) is 6.04 Å². The van der Waals surface area contributed by atoms with Crippen LogP contribution in [0.3, 0.4) is 0 Å². The van der Waals surface area contributed by atoms with Gasteiger partial charge in [-0.25, -0.2) is 0 Å². The third-order valence-corrected chi connectivity index (χ3v) is 2.50. The molecule has 1 N–H and O–H groups in total. The maximum atomic E-state index is 5.48. The summed E-state index contributed by atoms with van der Waals surface area (Å²) >= 11 is 0. The lowest BCUT2D eigenvalue weighted by Crippen LogP contribution is -2.21. The summed E-state index contributed by atoms with van der Waals surface area (Å²) in [5.41, 5.74) is 0.992. The molecule has 1 aromatic heterocycles. The van der Waals surface area contributed by atoms with Crippen molar-refractivity contribution in [2.24, 2.45) is 0 Å². The SMILES string of the molecule is CC(C)OCCCCNC(C)c1cnccn1. The highest BCUT2D eigenvalue weighted by Crippen LogP contribution is 2.06. The summed E-state index contributed by atoms with van der Waals surface area (Å²) in [5, 5.41) is 3.43. The fourth-order valence-corrected chi connectivity index (χ4v) is 1.50. The van der Waals surface area contributed by atoms with E-state index in [1.54, 1.807) is 18.6 Å². The molecule has 1 heterocycles. The van der Waals surface area contributed by atoms with Gasteiger partial charge in [0.2, 0.25) is 0 Å². The second kappa shape index (κ2) is 8.14. The molecular formula is C13H23N3O. The van der Waals surface area contributed by atoms with Gasteiger partial charge in [-0.2, -0.15) is 0 Å². The highest BCUT2D eigenvalue weighted by atomic mass is 16.5. The highest BCUT2D eigenvalue weighted by molar-refractivity contribution is 5.00. The van der Waals surface area contributed by atoms with Gasteiger partial charge in [0, 0.05) is 31.2 Å². The van der Waals surface area contributed by atoms with Crippen LogP contribution in [-0.2, 0) is 4.74 Å². The van der Waals surface area contributed by atoms with Gasteiger partial charge in [0.15, 0.2) is 0 Å². The van der Waals surface area contributed by atoms with Gasteiger partial charge in [-0.1, -0.05) is 0 Å². The van der Waals surface area contributed by atoms with Crippen LogP contribution in [0.2, 0.25) is 0 Å². The summed E-state index contributed by atoms with van der Waals surface area (Å²) in [6.45, 7) is 8.06. The molecule has 0 saturated carbocycles. The Kier molecular flexibility index (Phi) is 6.74. The minimum Gasteiger partial charge on any atom is -0.379 e. The number of hydrogen-bond donors (Lipinski definition) is 1. The van der Waals surface area contributed by atoms with Crippen LogP contribution in [0.25, 0.3) is 0 Å². The first-order valence-electron chi connectivity index (χ1n) is 6.31. The van der Waals surface area contributed by atoms with Crippen molar-refractivity contribution in [1.82, 2.24) is 15.3 Å². The molecule has 0 aliphatic rings. The van der Waals surface area contributed by atoms with Crippen molar-refractivity contribution in [3.05, 3.63) is 24.3 Å². The normalized spacial score (nSPS) is 12.9. The summed E-state index contributed by atoms with van der Waals surface area (Å²) in [6.07, 6.45) is 7.78. The van der Waals surface area contributed by atoms with E-state index >= 15 is 0 Å². The molecule has 1 atom stereocenters. The van der Waals surface area contributed by atoms with E-state index in [0.29, 0.717) is 6.10 Å². The average Bonchev–Trinajstić information content (AvgIpc) is 2.34. The number of nitrogens with zero attached hydrogens (tertiary/aromatic N) is 2. The topological polar surface area (TPSA) is 47.0 Å². The van der Waals surface area contributed by atoms with E-state index in [0.717, 1.165) is 31.7 Å². The van der Waals surface area contributed by atoms with Crippen molar-refractivity contribution in [2.45, 2.75) is 45.8 Å². The smallest absolute Gasteiger partial charge is 0.0753 e. The summed E-state index contributed by atoms with van der Waals surface area (Å²) in [6, 6.07) is 0.259. The predicted octanol–water partition coefficient (Wildman–Crippen LogP) is 2.33. The van der Waals surface area contributed by atoms with E-state index in [1.165, 1.54) is 0 Å². The molecule has 0 fully saturated rings. The molecule has 96 valence electrons. The van der Waals surface area contributed by atoms with Crippen LogP contribution < -0.4 is 5.32 Å². The fraction of sp³-hybridized carbons (Fsp3) is 0.692. The molecule has 1 rings (SSSR count). The predicted molar refractivity (Wildman–Crippen MR) is 68.8 cm³/mol. The molecule has 4 nitrogen and oxygen atoms in total. The van der Waals surface area contributed by atoms with Gasteiger partial charge >= 0.3 is 0 Å². The van der Waals surface area contributed by atoms with Crippen LogP contribution in [0.1, 0.15) is 45.3 Å². The number of unbranched alkanes of at least 4 members (excludes halogenated alkanes) is 1. The minimum atomic E-state index is 0.259. The zero-order valence-electron chi connectivity index (χ0n) is 11.0. The molecule has 0 radical (unpaired) electrons. The second-order valence-electron chi connectivity index (χ2n) is 4.43. The van der Waals surface area contributed by atoms with Crippen molar-refractivity contribution in [1.29, 1.82) is 0 Å². The van der Waals surface area contributed by atoms with Gasteiger partial charge in [-0.15, -0.1) is 0 Å². The summed E-state index contributed by atoms with van der Waals surface area (Å²) < 4.78 is 5.48. The summed E-state index contributed by atoms with van der Waals surface area (Å²) in [4.78, 5) is 8.33. The third-order valence-electron chi connectivity index (χ3n) is 2.50. The quantitative estimate of drug-likeness (QED) is 0.705. The Labute approximate surface area is 104 Å². The van der Waals surface area contributed by atoms with Gasteiger partial charge in [0.1, 0.15) is 0 Å². The highest BCUT2D eigenvalue weighted by Gasteiger charge is 2.04. The lowest BCUT2D eigenvalue weighted by molar-refractivity contribution is 0.0759. The molecule has 0 amide bonds. The maximum absolute atomic E-state index is 5.48. The van der Waals surface area contributed by atoms with Crippen molar-refractivity contribution in [3.8, 4) is 0 Å². The third kappa shape index (κ3) is 6.34. The van der Waals surface area contributed by atoms with Gasteiger partial charge in [-0.05, 0) is 40.2 Å². The van der Waals surface area contributed by atoms with E-state index < -0.39 is 0 Å². The van der Waals surface area contributed by atoms with E-state index in [2.05, 4.69) is 36.1 Å². The summed E-state index contributed by atoms with van der Waals surface area (Å²) in [5.74, 6) is 0. The zero-order valence-corrected chi connectivity index (χ0v) is 11.0. The first kappa shape index (κ1) is 14.1. The van der Waals surface area contributed by atoms with E-state index in [9.17, 15) is 0 Å². The molecule has 0 saturated heterocycles. The van der Waals surface area contributed by atoms with Crippen LogP contribution in [0, 0.1) is 0 Å². The number of aromatic nitrogens is 2. The monoisotopic (exact) mass is 237 g/mol. The van der Waals surface area contributed by atoms with Gasteiger partial charge in [0.05, 0.1) is 11.8 Å². The number of nitrogens with one attached hydrogen (secondary N) is 1. The first-order valence-corrected chi connectivity index (χ1v) is 6.31. The Balaban J connectivity index is 2.07.